The van der Waals surface area contributed by atoms with E-state index in [1.165, 1.54) is 32.8 Å². The van der Waals surface area contributed by atoms with E-state index in [0.717, 1.165) is 6.54 Å². The number of carbonyl (C=O) groups is 2. The Morgan fingerprint density at radius 3 is 2.82 bits per heavy atom. The van der Waals surface area contributed by atoms with Crippen molar-refractivity contribution in [3.63, 3.8) is 0 Å². The zero-order chi connectivity index (χ0) is 12.3. The SMILES string of the molecule is COC(=O)CCN1CC(C2CCCC2)NC1=O. The lowest BCUT2D eigenvalue weighted by molar-refractivity contribution is -0.140. The molecule has 1 saturated heterocycles. The molecule has 0 spiro atoms. The van der Waals surface area contributed by atoms with Crippen LogP contribution in [0.15, 0.2) is 0 Å². The maximum absolute atomic E-state index is 11.7. The van der Waals surface area contributed by atoms with Gasteiger partial charge in [-0.3, -0.25) is 4.79 Å². The van der Waals surface area contributed by atoms with Crippen LogP contribution in [-0.2, 0) is 9.53 Å². The van der Waals surface area contributed by atoms with Crippen molar-refractivity contribution in [2.45, 2.75) is 38.1 Å². The third kappa shape index (κ3) is 2.90. The number of urea groups is 1. The largest absolute Gasteiger partial charge is 0.469 e. The first-order valence-electron chi connectivity index (χ1n) is 6.33. The van der Waals surface area contributed by atoms with E-state index >= 15 is 0 Å². The number of hydrogen-bond donors (Lipinski definition) is 1. The molecule has 5 heteroatoms. The van der Waals surface area contributed by atoms with E-state index in [-0.39, 0.29) is 24.5 Å². The van der Waals surface area contributed by atoms with Gasteiger partial charge in [0.25, 0.3) is 0 Å². The van der Waals surface area contributed by atoms with Crippen LogP contribution in [0.5, 0.6) is 0 Å². The molecular formula is C12H20N2O3. The molecule has 17 heavy (non-hydrogen) atoms. The molecule has 0 bridgehead atoms. The van der Waals surface area contributed by atoms with Crippen LogP contribution >= 0.6 is 0 Å². The van der Waals surface area contributed by atoms with Crippen LogP contribution in [0.1, 0.15) is 32.1 Å². The van der Waals surface area contributed by atoms with E-state index in [1.807, 2.05) is 0 Å². The van der Waals surface area contributed by atoms with Crippen LogP contribution in [0.2, 0.25) is 0 Å². The van der Waals surface area contributed by atoms with Crippen LogP contribution < -0.4 is 5.32 Å². The van der Waals surface area contributed by atoms with Gasteiger partial charge in [-0.25, -0.2) is 4.79 Å². The quantitative estimate of drug-likeness (QED) is 0.749. The van der Waals surface area contributed by atoms with Crippen LogP contribution in [0, 0.1) is 5.92 Å². The topological polar surface area (TPSA) is 58.6 Å². The minimum Gasteiger partial charge on any atom is -0.469 e. The van der Waals surface area contributed by atoms with Crippen molar-refractivity contribution < 1.29 is 14.3 Å². The second-order valence-electron chi connectivity index (χ2n) is 4.87. The van der Waals surface area contributed by atoms with Crippen LogP contribution in [0.3, 0.4) is 0 Å². The highest BCUT2D eigenvalue weighted by molar-refractivity contribution is 5.78. The summed E-state index contributed by atoms with van der Waals surface area (Å²) in [5.41, 5.74) is 0. The van der Waals surface area contributed by atoms with Gasteiger partial charge in [0.15, 0.2) is 0 Å². The summed E-state index contributed by atoms with van der Waals surface area (Å²) in [6.45, 7) is 1.20. The Balaban J connectivity index is 1.80. The van der Waals surface area contributed by atoms with Crippen LogP contribution in [0.4, 0.5) is 4.79 Å². The first kappa shape index (κ1) is 12.2. The minimum atomic E-state index is -0.262. The van der Waals surface area contributed by atoms with Gasteiger partial charge in [0.1, 0.15) is 0 Å². The summed E-state index contributed by atoms with van der Waals surface area (Å²) in [5.74, 6) is 0.365. The Hall–Kier alpha value is -1.26. The number of carbonyl (C=O) groups excluding carboxylic acids is 2. The van der Waals surface area contributed by atoms with Gasteiger partial charge in [-0.2, -0.15) is 0 Å². The van der Waals surface area contributed by atoms with Gasteiger partial charge in [-0.15, -0.1) is 0 Å². The first-order chi connectivity index (χ1) is 8.20. The fourth-order valence-electron chi connectivity index (χ4n) is 2.76. The highest BCUT2D eigenvalue weighted by Gasteiger charge is 2.35. The number of nitrogens with one attached hydrogen (secondary N) is 1. The number of rotatable bonds is 4. The lowest BCUT2D eigenvalue weighted by Gasteiger charge is -2.17. The van der Waals surface area contributed by atoms with Gasteiger partial charge in [-0.1, -0.05) is 12.8 Å². The summed E-state index contributed by atoms with van der Waals surface area (Å²) in [6, 6.07) is 0.244. The van der Waals surface area contributed by atoms with Gasteiger partial charge in [0, 0.05) is 13.1 Å². The molecule has 2 rings (SSSR count). The predicted octanol–water partition coefficient (Wildman–Crippen LogP) is 1.13. The molecule has 1 saturated carbocycles. The number of esters is 1. The Morgan fingerprint density at radius 2 is 2.18 bits per heavy atom. The third-order valence-electron chi connectivity index (χ3n) is 3.80. The molecule has 1 N–H and O–H groups in total. The molecule has 1 unspecified atom stereocenters. The third-order valence-corrected chi connectivity index (χ3v) is 3.80. The zero-order valence-corrected chi connectivity index (χ0v) is 10.3. The zero-order valence-electron chi connectivity index (χ0n) is 10.3. The molecule has 1 aliphatic carbocycles. The fraction of sp³-hybridized carbons (Fsp3) is 0.833. The molecule has 1 atom stereocenters. The highest BCUT2D eigenvalue weighted by atomic mass is 16.5. The van der Waals surface area contributed by atoms with E-state index in [4.69, 9.17) is 0 Å². The van der Waals surface area contributed by atoms with Crippen molar-refractivity contribution in [3.05, 3.63) is 0 Å². The second-order valence-corrected chi connectivity index (χ2v) is 4.87. The van der Waals surface area contributed by atoms with Crippen molar-refractivity contribution in [1.82, 2.24) is 10.2 Å². The Bertz CT molecular complexity index is 300. The summed E-state index contributed by atoms with van der Waals surface area (Å²) >= 11 is 0. The summed E-state index contributed by atoms with van der Waals surface area (Å²) in [7, 11) is 1.37. The van der Waals surface area contributed by atoms with Crippen molar-refractivity contribution >= 4 is 12.0 Å². The van der Waals surface area contributed by atoms with Gasteiger partial charge < -0.3 is 15.0 Å². The maximum Gasteiger partial charge on any atom is 0.317 e. The fourth-order valence-corrected chi connectivity index (χ4v) is 2.76. The minimum absolute atomic E-state index is 0.0363. The van der Waals surface area contributed by atoms with Gasteiger partial charge >= 0.3 is 12.0 Å². The van der Waals surface area contributed by atoms with E-state index in [0.29, 0.717) is 12.5 Å². The van der Waals surface area contributed by atoms with Crippen molar-refractivity contribution in [1.29, 1.82) is 0 Å². The summed E-state index contributed by atoms with van der Waals surface area (Å²) < 4.78 is 4.57. The molecule has 5 nitrogen and oxygen atoms in total. The lowest BCUT2D eigenvalue weighted by atomic mass is 9.99. The molecule has 2 aliphatic rings. The molecule has 96 valence electrons. The molecule has 2 fully saturated rings. The van der Waals surface area contributed by atoms with Crippen molar-refractivity contribution in [2.75, 3.05) is 20.2 Å². The van der Waals surface area contributed by atoms with E-state index < -0.39 is 0 Å². The Kier molecular flexibility index (Phi) is 3.86. The Morgan fingerprint density at radius 1 is 1.47 bits per heavy atom. The maximum atomic E-state index is 11.7. The predicted molar refractivity (Wildman–Crippen MR) is 62.5 cm³/mol. The monoisotopic (exact) mass is 240 g/mol. The molecule has 2 amide bonds. The van der Waals surface area contributed by atoms with Gasteiger partial charge in [-0.05, 0) is 18.8 Å². The number of nitrogens with zero attached hydrogens (tertiary/aromatic N) is 1. The smallest absolute Gasteiger partial charge is 0.317 e. The van der Waals surface area contributed by atoms with Crippen LogP contribution in [0.25, 0.3) is 0 Å². The van der Waals surface area contributed by atoms with Crippen molar-refractivity contribution in [3.8, 4) is 0 Å². The van der Waals surface area contributed by atoms with Crippen LogP contribution in [-0.4, -0.2) is 43.1 Å². The van der Waals surface area contributed by atoms with Crippen molar-refractivity contribution in [2.24, 2.45) is 5.92 Å². The Labute approximate surface area is 101 Å². The molecule has 0 aromatic rings. The average molecular weight is 240 g/mol. The van der Waals surface area contributed by atoms with Gasteiger partial charge in [0.2, 0.25) is 0 Å². The standard InChI is InChI=1S/C12H20N2O3/c1-17-11(15)6-7-14-8-10(13-12(14)16)9-4-2-3-5-9/h9-10H,2-8H2,1H3,(H,13,16). The number of amides is 2. The number of methoxy groups -OCH3 is 1. The van der Waals surface area contributed by atoms with E-state index in [9.17, 15) is 9.59 Å². The summed E-state index contributed by atoms with van der Waals surface area (Å²) in [6.07, 6.45) is 5.27. The average Bonchev–Trinajstić information content (AvgIpc) is 2.95. The summed E-state index contributed by atoms with van der Waals surface area (Å²) in [4.78, 5) is 24.5. The van der Waals surface area contributed by atoms with Gasteiger partial charge in [0.05, 0.1) is 19.6 Å². The molecule has 0 radical (unpaired) electrons. The second kappa shape index (κ2) is 5.38. The first-order valence-corrected chi connectivity index (χ1v) is 6.33. The summed E-state index contributed by atoms with van der Waals surface area (Å²) in [5, 5.41) is 3.02. The molecule has 1 aliphatic heterocycles. The van der Waals surface area contributed by atoms with E-state index in [1.54, 1.807) is 4.90 Å². The number of hydrogen-bond acceptors (Lipinski definition) is 3. The molecular weight excluding hydrogens is 220 g/mol. The normalized spacial score (nSPS) is 25.1. The number of ether oxygens (including phenoxy) is 1. The molecule has 0 aromatic heterocycles. The lowest BCUT2D eigenvalue weighted by Crippen LogP contribution is -2.32. The highest BCUT2D eigenvalue weighted by Crippen LogP contribution is 2.29. The molecule has 1 heterocycles. The van der Waals surface area contributed by atoms with E-state index in [2.05, 4.69) is 10.1 Å². The molecule has 0 aromatic carbocycles.